The highest BCUT2D eigenvalue weighted by atomic mass is 35.5. The maximum absolute atomic E-state index is 13.8. The van der Waals surface area contributed by atoms with Crippen LogP contribution < -0.4 is 15.0 Å². The summed E-state index contributed by atoms with van der Waals surface area (Å²) in [5.74, 6) is 7.52. The van der Waals surface area contributed by atoms with Gasteiger partial charge in [0.2, 0.25) is 11.8 Å². The lowest BCUT2D eigenvalue weighted by Crippen LogP contribution is -2.74. The van der Waals surface area contributed by atoms with E-state index in [1.165, 1.54) is 38.5 Å². The molecular weight excluding hydrogens is 852 g/mol. The topological polar surface area (TPSA) is 153 Å². The second-order valence-corrected chi connectivity index (χ2v) is 21.8. The van der Waals surface area contributed by atoms with Crippen molar-refractivity contribution < 1.29 is 28.7 Å². The minimum Gasteiger partial charge on any atom is -0.489 e. The number of pyridine rings is 1. The Labute approximate surface area is 391 Å². The van der Waals surface area contributed by atoms with Crippen LogP contribution in [-0.2, 0) is 16.1 Å². The third kappa shape index (κ3) is 7.63. The zero-order valence-electron chi connectivity index (χ0n) is 38.3. The van der Waals surface area contributed by atoms with Crippen LogP contribution in [0.5, 0.6) is 5.75 Å². The monoisotopic (exact) mass is 908 g/mol. The van der Waals surface area contributed by atoms with E-state index in [1.54, 1.807) is 24.3 Å². The van der Waals surface area contributed by atoms with E-state index in [-0.39, 0.29) is 47.6 Å². The zero-order valence-corrected chi connectivity index (χ0v) is 39.0. The normalized spacial score (nSPS) is 27.3. The molecule has 1 unspecified atom stereocenters. The van der Waals surface area contributed by atoms with Crippen molar-refractivity contribution in [1.29, 1.82) is 5.26 Å². The standard InChI is InChI=1S/C53H57ClN6O6/c1-51(2)49(52(3,4)50(51)66-37-16-12-34(29-55)41(54)26-37)59-30-42-39(46(59)63)17-14-35(56-42)13-11-32-7-5-31(6-8-32)9-10-33-27-53(28-33)21-23-58(24-22-53)36-15-18-38-40(25-36)48(65)60(47(38)64)43-19-20-44(61)57-45(43)62/h12,14-18,25-26,31-33,43,49-50H,5-10,19-24,27-28,30H2,1-4H3,(H,57,61,62). The molecule has 342 valence electrons. The Kier molecular flexibility index (Phi) is 11.1. The molecule has 3 saturated carbocycles. The molecule has 1 N–H and O–H groups in total. The Morgan fingerprint density at radius 2 is 1.52 bits per heavy atom. The van der Waals surface area contributed by atoms with Crippen LogP contribution in [0.2, 0.25) is 5.02 Å². The molecular formula is C53H57ClN6O6. The predicted molar refractivity (Wildman–Crippen MR) is 247 cm³/mol. The summed E-state index contributed by atoms with van der Waals surface area (Å²) >= 11 is 6.30. The highest BCUT2D eigenvalue weighted by Crippen LogP contribution is 2.59. The number of nitrogens with one attached hydrogen (secondary N) is 1. The summed E-state index contributed by atoms with van der Waals surface area (Å²) in [6, 6.07) is 15.4. The molecule has 2 saturated heterocycles. The molecule has 1 aromatic heterocycles. The third-order valence-corrected chi connectivity index (χ3v) is 16.8. The Bertz CT molecular complexity index is 2640. The lowest BCUT2D eigenvalue weighted by Gasteiger charge is -2.65. The number of benzene rings is 2. The van der Waals surface area contributed by atoms with Crippen LogP contribution >= 0.6 is 11.6 Å². The summed E-state index contributed by atoms with van der Waals surface area (Å²) in [6.07, 6.45) is 12.1. The van der Waals surface area contributed by atoms with Gasteiger partial charge in [0.25, 0.3) is 17.7 Å². The average Bonchev–Trinajstić information content (AvgIpc) is 3.73. The Morgan fingerprint density at radius 1 is 0.818 bits per heavy atom. The van der Waals surface area contributed by atoms with Crippen LogP contribution in [0.15, 0.2) is 48.5 Å². The number of aromatic nitrogens is 1. The second kappa shape index (κ2) is 16.6. The lowest BCUT2D eigenvalue weighted by molar-refractivity contribution is -0.199. The quantitative estimate of drug-likeness (QED) is 0.173. The van der Waals surface area contributed by atoms with Gasteiger partial charge in [0, 0.05) is 54.1 Å². The van der Waals surface area contributed by atoms with E-state index in [0.29, 0.717) is 50.9 Å². The molecule has 5 amide bonds. The molecule has 5 fully saturated rings. The third-order valence-electron chi connectivity index (χ3n) is 16.5. The van der Waals surface area contributed by atoms with Gasteiger partial charge in [0.05, 0.1) is 39.5 Å². The average molecular weight is 910 g/mol. The molecule has 7 aliphatic rings. The van der Waals surface area contributed by atoms with Crippen molar-refractivity contribution in [2.45, 2.75) is 129 Å². The largest absolute Gasteiger partial charge is 0.489 e. The first-order chi connectivity index (χ1) is 31.5. The number of piperidine rings is 2. The van der Waals surface area contributed by atoms with Gasteiger partial charge in [0.1, 0.15) is 29.7 Å². The van der Waals surface area contributed by atoms with Crippen molar-refractivity contribution in [3.63, 3.8) is 0 Å². The first-order valence-corrected chi connectivity index (χ1v) is 24.2. The number of halogens is 1. The smallest absolute Gasteiger partial charge is 0.262 e. The summed E-state index contributed by atoms with van der Waals surface area (Å²) in [7, 11) is 0. The number of nitrogens with zero attached hydrogens (tertiary/aromatic N) is 5. The molecule has 1 spiro atoms. The minimum atomic E-state index is -0.959. The van der Waals surface area contributed by atoms with Crippen LogP contribution in [0.3, 0.4) is 0 Å². The van der Waals surface area contributed by atoms with Crippen molar-refractivity contribution in [3.05, 3.63) is 87.2 Å². The van der Waals surface area contributed by atoms with Crippen molar-refractivity contribution in [1.82, 2.24) is 20.1 Å². The minimum absolute atomic E-state index is 0.00134. The van der Waals surface area contributed by atoms with E-state index >= 15 is 0 Å². The molecule has 1 atom stereocenters. The van der Waals surface area contributed by atoms with E-state index in [1.807, 2.05) is 29.2 Å². The number of carbonyl (C=O) groups excluding carboxylic acids is 5. The van der Waals surface area contributed by atoms with E-state index in [2.05, 4.69) is 55.8 Å². The van der Waals surface area contributed by atoms with Crippen LogP contribution in [0.4, 0.5) is 5.69 Å². The summed E-state index contributed by atoms with van der Waals surface area (Å²) < 4.78 is 6.48. The van der Waals surface area contributed by atoms with Gasteiger partial charge >= 0.3 is 0 Å². The first kappa shape index (κ1) is 44.1. The zero-order chi connectivity index (χ0) is 46.3. The van der Waals surface area contributed by atoms with E-state index < -0.39 is 23.8 Å². The summed E-state index contributed by atoms with van der Waals surface area (Å²) in [4.78, 5) is 74.7. The van der Waals surface area contributed by atoms with Gasteiger partial charge in [-0.05, 0) is 123 Å². The van der Waals surface area contributed by atoms with Crippen LogP contribution in [0, 0.1) is 57.2 Å². The fraction of sp³-hybridized carbons (Fsp3) is 0.528. The predicted octanol–water partition coefficient (Wildman–Crippen LogP) is 8.48. The number of anilines is 1. The second-order valence-electron chi connectivity index (χ2n) is 21.4. The Hall–Kier alpha value is -5.72. The molecule has 0 bridgehead atoms. The number of carbonyl (C=O) groups is 5. The van der Waals surface area contributed by atoms with Gasteiger partial charge in [-0.1, -0.05) is 58.1 Å². The molecule has 12 nitrogen and oxygen atoms in total. The number of ether oxygens (including phenoxy) is 1. The number of rotatable bonds is 8. The van der Waals surface area contributed by atoms with Crippen molar-refractivity contribution >= 4 is 46.8 Å². The number of nitriles is 1. The number of hydrogen-bond acceptors (Lipinski definition) is 9. The molecule has 66 heavy (non-hydrogen) atoms. The maximum Gasteiger partial charge on any atom is 0.262 e. The van der Waals surface area contributed by atoms with Gasteiger partial charge < -0.3 is 14.5 Å². The van der Waals surface area contributed by atoms with E-state index in [9.17, 15) is 29.2 Å². The van der Waals surface area contributed by atoms with Crippen molar-refractivity contribution in [3.8, 4) is 23.7 Å². The van der Waals surface area contributed by atoms with Crippen molar-refractivity contribution in [2.75, 3.05) is 18.0 Å². The lowest BCUT2D eigenvalue weighted by atomic mass is 9.49. The Balaban J connectivity index is 0.663. The van der Waals surface area contributed by atoms with Gasteiger partial charge in [-0.25, -0.2) is 4.98 Å². The van der Waals surface area contributed by atoms with Crippen LogP contribution in [0.25, 0.3) is 0 Å². The number of imide groups is 2. The number of amides is 5. The van der Waals surface area contributed by atoms with Crippen molar-refractivity contribution in [2.24, 2.45) is 34.0 Å². The first-order valence-electron chi connectivity index (χ1n) is 23.8. The van der Waals surface area contributed by atoms with Gasteiger partial charge in [0.15, 0.2) is 0 Å². The van der Waals surface area contributed by atoms with Crippen LogP contribution in [0.1, 0.15) is 153 Å². The maximum atomic E-state index is 13.8. The van der Waals surface area contributed by atoms with Gasteiger partial charge in [-0.2, -0.15) is 5.26 Å². The van der Waals surface area contributed by atoms with E-state index in [0.717, 1.165) is 72.6 Å². The molecule has 5 heterocycles. The summed E-state index contributed by atoms with van der Waals surface area (Å²) in [5, 5.41) is 11.9. The molecule has 13 heteroatoms. The summed E-state index contributed by atoms with van der Waals surface area (Å²) in [6.45, 7) is 10.8. The number of hydrogen-bond donors (Lipinski definition) is 1. The molecule has 0 radical (unpaired) electrons. The van der Waals surface area contributed by atoms with Gasteiger partial charge in [-0.15, -0.1) is 0 Å². The molecule has 4 aliphatic heterocycles. The SMILES string of the molecule is CC1(C)C(Oc2ccc(C#N)c(Cl)c2)C(C)(C)C1N1Cc2nc(C#CC3CCC(CCC4CC5(CCN(c6ccc7c(c6)C(=O)N(C6CCC(=O)NC6=O)C7=O)CC5)C4)CC3)ccc2C1=O. The Morgan fingerprint density at radius 3 is 2.21 bits per heavy atom. The van der Waals surface area contributed by atoms with Crippen LogP contribution in [-0.4, -0.2) is 75.6 Å². The fourth-order valence-electron chi connectivity index (χ4n) is 13.4. The molecule has 3 aliphatic carbocycles. The fourth-order valence-corrected chi connectivity index (χ4v) is 13.6. The van der Waals surface area contributed by atoms with Gasteiger partial charge in [-0.3, -0.25) is 34.2 Å². The molecule has 3 aromatic rings. The summed E-state index contributed by atoms with van der Waals surface area (Å²) in [5.41, 5.74) is 3.86. The highest BCUT2D eigenvalue weighted by molar-refractivity contribution is 6.31. The highest BCUT2D eigenvalue weighted by Gasteiger charge is 2.67. The van der Waals surface area contributed by atoms with E-state index in [4.69, 9.17) is 21.3 Å². The number of fused-ring (bicyclic) bond motifs is 2. The molecule has 10 rings (SSSR count). The molecule has 2 aromatic carbocycles.